The van der Waals surface area contributed by atoms with Gasteiger partial charge in [0, 0.05) is 0 Å². The predicted octanol–water partition coefficient (Wildman–Crippen LogP) is 5.86. The van der Waals surface area contributed by atoms with Crippen molar-refractivity contribution in [3.63, 3.8) is 0 Å². The lowest BCUT2D eigenvalue weighted by Gasteiger charge is -2.26. The van der Waals surface area contributed by atoms with Gasteiger partial charge >= 0.3 is 0 Å². The summed E-state index contributed by atoms with van der Waals surface area (Å²) >= 11 is 0. The Kier molecular flexibility index (Phi) is 13.1. The van der Waals surface area contributed by atoms with Crippen LogP contribution < -0.4 is 0 Å². The zero-order chi connectivity index (χ0) is 13.1. The molecule has 1 fully saturated rings. The molecule has 1 aliphatic carbocycles. The molecule has 0 spiro atoms. The summed E-state index contributed by atoms with van der Waals surface area (Å²) in [6.45, 7) is 14.2. The molecule has 0 heterocycles. The number of rotatable bonds is 1. The van der Waals surface area contributed by atoms with Gasteiger partial charge in [-0.15, -0.1) is 0 Å². The van der Waals surface area contributed by atoms with Crippen LogP contribution in [0.5, 0.6) is 0 Å². The fourth-order valence-corrected chi connectivity index (χ4v) is 2.44. The Hall–Kier alpha value is -0.0700. The molecule has 1 rings (SSSR count). The molecule has 0 saturated heterocycles. The molecule has 0 aromatic carbocycles. The van der Waals surface area contributed by atoms with Crippen molar-refractivity contribution in [1.29, 1.82) is 0 Å². The summed E-state index contributed by atoms with van der Waals surface area (Å²) < 4.78 is 13.2. The third kappa shape index (κ3) is 6.50. The van der Waals surface area contributed by atoms with Gasteiger partial charge in [0.2, 0.25) is 0 Å². The fraction of sp³-hybridized carbons (Fsp3) is 1.00. The van der Waals surface area contributed by atoms with Crippen molar-refractivity contribution >= 4 is 0 Å². The lowest BCUT2D eigenvalue weighted by atomic mass is 9.81. The average molecular weight is 232 g/mol. The van der Waals surface area contributed by atoms with Crippen LogP contribution in [0.4, 0.5) is 4.39 Å². The maximum Gasteiger partial charge on any atom is 0.100 e. The Balaban J connectivity index is 0. The van der Waals surface area contributed by atoms with Crippen molar-refractivity contribution in [2.45, 2.75) is 80.3 Å². The molecule has 0 aromatic heterocycles. The SMILES string of the molecule is CC.CC.CC(F)C1CCCCC(C)C1C. The second-order valence-electron chi connectivity index (χ2n) is 4.46. The molecule has 0 amide bonds. The highest BCUT2D eigenvalue weighted by Gasteiger charge is 2.29. The molecular formula is C15H33F. The third-order valence-corrected chi connectivity index (χ3v) is 3.61. The van der Waals surface area contributed by atoms with Crippen LogP contribution in [0, 0.1) is 17.8 Å². The van der Waals surface area contributed by atoms with E-state index in [9.17, 15) is 4.39 Å². The van der Waals surface area contributed by atoms with Gasteiger partial charge in [0.15, 0.2) is 0 Å². The lowest BCUT2D eigenvalue weighted by Crippen LogP contribution is -2.23. The highest BCUT2D eigenvalue weighted by atomic mass is 19.1. The van der Waals surface area contributed by atoms with Crippen LogP contribution in [0.3, 0.4) is 0 Å². The van der Waals surface area contributed by atoms with Crippen LogP contribution in [0.15, 0.2) is 0 Å². The van der Waals surface area contributed by atoms with E-state index in [1.54, 1.807) is 6.92 Å². The lowest BCUT2D eigenvalue weighted by molar-refractivity contribution is 0.152. The number of hydrogen-bond acceptors (Lipinski definition) is 0. The van der Waals surface area contributed by atoms with Crippen LogP contribution in [0.25, 0.3) is 0 Å². The molecule has 0 aromatic rings. The molecule has 1 heteroatoms. The van der Waals surface area contributed by atoms with Gasteiger partial charge in [0.25, 0.3) is 0 Å². The molecule has 4 atom stereocenters. The first-order valence-electron chi connectivity index (χ1n) is 7.27. The molecule has 1 saturated carbocycles. The maximum absolute atomic E-state index is 13.2. The van der Waals surface area contributed by atoms with E-state index in [0.717, 1.165) is 12.3 Å². The van der Waals surface area contributed by atoms with Crippen LogP contribution in [0.1, 0.15) is 74.1 Å². The summed E-state index contributed by atoms with van der Waals surface area (Å²) in [7, 11) is 0. The number of alkyl halides is 1. The molecule has 0 bridgehead atoms. The van der Waals surface area contributed by atoms with Crippen molar-refractivity contribution in [3.8, 4) is 0 Å². The van der Waals surface area contributed by atoms with E-state index >= 15 is 0 Å². The zero-order valence-corrected chi connectivity index (χ0v) is 12.5. The second-order valence-corrected chi connectivity index (χ2v) is 4.46. The van der Waals surface area contributed by atoms with E-state index in [-0.39, 0.29) is 0 Å². The van der Waals surface area contributed by atoms with Gasteiger partial charge in [0.05, 0.1) is 0 Å². The Morgan fingerprint density at radius 1 is 0.938 bits per heavy atom. The van der Waals surface area contributed by atoms with Crippen molar-refractivity contribution in [3.05, 3.63) is 0 Å². The maximum atomic E-state index is 13.2. The molecule has 0 radical (unpaired) electrons. The summed E-state index contributed by atoms with van der Waals surface area (Å²) in [5.41, 5.74) is 0. The highest BCUT2D eigenvalue weighted by Crippen LogP contribution is 2.35. The van der Waals surface area contributed by atoms with E-state index in [4.69, 9.17) is 0 Å². The standard InChI is InChI=1S/C11H21F.2C2H6/c1-8-6-4-5-7-11(9(8)2)10(3)12;2*1-2/h8-11H,4-7H2,1-3H3;2*1-2H3. The quantitative estimate of drug-likeness (QED) is 0.497. The first kappa shape index (κ1) is 18.3. The molecular weight excluding hydrogens is 199 g/mol. The molecule has 1 aliphatic rings. The van der Waals surface area contributed by atoms with Crippen molar-refractivity contribution in [2.24, 2.45) is 17.8 Å². The number of halogens is 1. The second kappa shape index (κ2) is 11.4. The monoisotopic (exact) mass is 232 g/mol. The minimum Gasteiger partial charge on any atom is -0.247 e. The largest absolute Gasteiger partial charge is 0.247 e. The van der Waals surface area contributed by atoms with Gasteiger partial charge < -0.3 is 0 Å². The summed E-state index contributed by atoms with van der Waals surface area (Å²) in [5, 5.41) is 0. The highest BCUT2D eigenvalue weighted by molar-refractivity contribution is 4.78. The van der Waals surface area contributed by atoms with E-state index in [1.807, 2.05) is 27.7 Å². The fourth-order valence-electron chi connectivity index (χ4n) is 2.44. The Bertz CT molecular complexity index is 131. The van der Waals surface area contributed by atoms with Crippen LogP contribution in [-0.2, 0) is 0 Å². The number of hydrogen-bond donors (Lipinski definition) is 0. The summed E-state index contributed by atoms with van der Waals surface area (Å²) in [6.07, 6.45) is 4.32. The van der Waals surface area contributed by atoms with Crippen molar-refractivity contribution in [1.82, 2.24) is 0 Å². The first-order valence-corrected chi connectivity index (χ1v) is 7.27. The molecule has 4 unspecified atom stereocenters. The molecule has 100 valence electrons. The average Bonchev–Trinajstić information content (AvgIpc) is 2.48. The van der Waals surface area contributed by atoms with E-state index in [2.05, 4.69) is 13.8 Å². The van der Waals surface area contributed by atoms with Gasteiger partial charge in [-0.2, -0.15) is 0 Å². The predicted molar refractivity (Wildman–Crippen MR) is 73.6 cm³/mol. The van der Waals surface area contributed by atoms with Crippen LogP contribution in [-0.4, -0.2) is 6.17 Å². The Labute approximate surface area is 103 Å². The van der Waals surface area contributed by atoms with E-state index in [1.165, 1.54) is 19.3 Å². The summed E-state index contributed by atoms with van der Waals surface area (Å²) in [4.78, 5) is 0. The van der Waals surface area contributed by atoms with Gasteiger partial charge in [-0.05, 0) is 31.1 Å². The van der Waals surface area contributed by atoms with E-state index < -0.39 is 6.17 Å². The zero-order valence-electron chi connectivity index (χ0n) is 12.5. The third-order valence-electron chi connectivity index (χ3n) is 3.61. The minimum absolute atomic E-state index is 0.322. The van der Waals surface area contributed by atoms with Crippen molar-refractivity contribution < 1.29 is 4.39 Å². The molecule has 0 aliphatic heterocycles. The summed E-state index contributed by atoms with van der Waals surface area (Å²) in [5.74, 6) is 1.62. The Morgan fingerprint density at radius 2 is 1.38 bits per heavy atom. The van der Waals surface area contributed by atoms with Gasteiger partial charge in [0.1, 0.15) is 6.17 Å². The summed E-state index contributed by atoms with van der Waals surface area (Å²) in [6, 6.07) is 0. The van der Waals surface area contributed by atoms with Crippen LogP contribution >= 0.6 is 0 Å². The normalized spacial score (nSPS) is 31.1. The molecule has 16 heavy (non-hydrogen) atoms. The topological polar surface area (TPSA) is 0 Å². The van der Waals surface area contributed by atoms with Gasteiger partial charge in [-0.1, -0.05) is 60.8 Å². The smallest absolute Gasteiger partial charge is 0.100 e. The van der Waals surface area contributed by atoms with Crippen LogP contribution in [0.2, 0.25) is 0 Å². The Morgan fingerprint density at radius 3 is 1.81 bits per heavy atom. The van der Waals surface area contributed by atoms with Gasteiger partial charge in [-0.25, -0.2) is 4.39 Å². The minimum atomic E-state index is -0.611. The molecule has 0 nitrogen and oxygen atoms in total. The first-order chi connectivity index (χ1) is 7.63. The van der Waals surface area contributed by atoms with Crippen molar-refractivity contribution in [2.75, 3.05) is 0 Å². The molecule has 0 N–H and O–H groups in total. The van der Waals surface area contributed by atoms with E-state index in [0.29, 0.717) is 11.8 Å². The van der Waals surface area contributed by atoms with Gasteiger partial charge in [-0.3, -0.25) is 0 Å².